The summed E-state index contributed by atoms with van der Waals surface area (Å²) in [5.74, 6) is 0.273. The first-order valence-corrected chi connectivity index (χ1v) is 4.58. The Hall–Kier alpha value is -0.120. The molecule has 0 saturated carbocycles. The smallest absolute Gasteiger partial charge is 0.0827 e. The lowest BCUT2D eigenvalue weighted by Crippen LogP contribution is -2.31. The molecule has 3 nitrogen and oxygen atoms in total. The Morgan fingerprint density at radius 3 is 3.00 bits per heavy atom. The van der Waals surface area contributed by atoms with Gasteiger partial charge < -0.3 is 14.6 Å². The molecule has 3 unspecified atom stereocenters. The Morgan fingerprint density at radius 2 is 2.42 bits per heavy atom. The van der Waals surface area contributed by atoms with Crippen molar-refractivity contribution in [3.63, 3.8) is 0 Å². The molecule has 0 bridgehead atoms. The molecular weight excluding hydrogens is 156 g/mol. The van der Waals surface area contributed by atoms with E-state index in [1.54, 1.807) is 7.11 Å². The van der Waals surface area contributed by atoms with E-state index in [0.717, 1.165) is 19.4 Å². The van der Waals surface area contributed by atoms with Crippen LogP contribution in [0.3, 0.4) is 0 Å². The van der Waals surface area contributed by atoms with Crippen molar-refractivity contribution in [1.29, 1.82) is 0 Å². The van der Waals surface area contributed by atoms with Crippen LogP contribution < -0.4 is 0 Å². The van der Waals surface area contributed by atoms with E-state index in [-0.39, 0.29) is 18.1 Å². The largest absolute Gasteiger partial charge is 0.390 e. The predicted octanol–water partition coefficient (Wildman–Crippen LogP) is 0.809. The highest BCUT2D eigenvalue weighted by Gasteiger charge is 2.32. The fourth-order valence-corrected chi connectivity index (χ4v) is 1.82. The maximum Gasteiger partial charge on any atom is 0.0827 e. The zero-order valence-corrected chi connectivity index (χ0v) is 7.82. The van der Waals surface area contributed by atoms with Crippen molar-refractivity contribution in [2.45, 2.75) is 32.0 Å². The summed E-state index contributed by atoms with van der Waals surface area (Å²) in [5, 5.41) is 9.65. The van der Waals surface area contributed by atoms with Gasteiger partial charge in [-0.15, -0.1) is 0 Å². The predicted molar refractivity (Wildman–Crippen MR) is 46.0 cm³/mol. The normalized spacial score (nSPS) is 32.2. The van der Waals surface area contributed by atoms with E-state index in [2.05, 4.69) is 6.92 Å². The number of aliphatic hydroxyl groups is 1. The van der Waals surface area contributed by atoms with Gasteiger partial charge >= 0.3 is 0 Å². The van der Waals surface area contributed by atoms with E-state index in [0.29, 0.717) is 6.61 Å². The van der Waals surface area contributed by atoms with Gasteiger partial charge in [-0.25, -0.2) is 0 Å². The molecule has 0 aromatic rings. The molecule has 0 spiro atoms. The monoisotopic (exact) mass is 174 g/mol. The molecule has 1 aliphatic heterocycles. The van der Waals surface area contributed by atoms with E-state index in [1.807, 2.05) is 0 Å². The topological polar surface area (TPSA) is 38.7 Å². The number of hydrogen-bond donors (Lipinski definition) is 1. The molecule has 1 rings (SSSR count). The molecule has 0 radical (unpaired) electrons. The standard InChI is InChI=1S/C9H18O3/c1-3-9-7(4-5-12-9)8(10)6-11-2/h7-10H,3-6H2,1-2H3. The first kappa shape index (κ1) is 9.96. The third-order valence-electron chi connectivity index (χ3n) is 2.49. The number of ether oxygens (including phenoxy) is 2. The van der Waals surface area contributed by atoms with Gasteiger partial charge in [0.15, 0.2) is 0 Å². The maximum absolute atomic E-state index is 9.65. The van der Waals surface area contributed by atoms with Crippen LogP contribution in [-0.2, 0) is 9.47 Å². The highest BCUT2D eigenvalue weighted by atomic mass is 16.5. The first-order valence-electron chi connectivity index (χ1n) is 4.58. The van der Waals surface area contributed by atoms with Crippen molar-refractivity contribution in [3.05, 3.63) is 0 Å². The summed E-state index contributed by atoms with van der Waals surface area (Å²) in [6, 6.07) is 0. The van der Waals surface area contributed by atoms with Crippen LogP contribution in [-0.4, -0.2) is 37.6 Å². The van der Waals surface area contributed by atoms with Crippen LogP contribution in [0.5, 0.6) is 0 Å². The van der Waals surface area contributed by atoms with Crippen molar-refractivity contribution < 1.29 is 14.6 Å². The molecule has 1 heterocycles. The van der Waals surface area contributed by atoms with Gasteiger partial charge in [0.25, 0.3) is 0 Å². The highest BCUT2D eigenvalue weighted by molar-refractivity contribution is 4.80. The van der Waals surface area contributed by atoms with E-state index in [9.17, 15) is 5.11 Å². The van der Waals surface area contributed by atoms with Crippen LogP contribution in [0.15, 0.2) is 0 Å². The minimum absolute atomic E-state index is 0.232. The quantitative estimate of drug-likeness (QED) is 0.685. The van der Waals surface area contributed by atoms with Crippen molar-refractivity contribution >= 4 is 0 Å². The summed E-state index contributed by atoms with van der Waals surface area (Å²) in [5.41, 5.74) is 0. The van der Waals surface area contributed by atoms with Gasteiger partial charge in [-0.1, -0.05) is 6.92 Å². The summed E-state index contributed by atoms with van der Waals surface area (Å²) < 4.78 is 10.4. The average Bonchev–Trinajstić information content (AvgIpc) is 2.51. The van der Waals surface area contributed by atoms with Crippen molar-refractivity contribution in [1.82, 2.24) is 0 Å². The Kier molecular flexibility index (Phi) is 3.98. The second-order valence-electron chi connectivity index (χ2n) is 3.29. The van der Waals surface area contributed by atoms with Gasteiger partial charge in [0.1, 0.15) is 0 Å². The van der Waals surface area contributed by atoms with Crippen LogP contribution in [0.4, 0.5) is 0 Å². The lowest BCUT2D eigenvalue weighted by molar-refractivity contribution is -0.00836. The van der Waals surface area contributed by atoms with Crippen molar-refractivity contribution in [3.8, 4) is 0 Å². The molecule has 0 aromatic carbocycles. The fourth-order valence-electron chi connectivity index (χ4n) is 1.82. The number of aliphatic hydroxyl groups excluding tert-OH is 1. The van der Waals surface area contributed by atoms with E-state index in [1.165, 1.54) is 0 Å². The molecule has 1 aliphatic rings. The van der Waals surface area contributed by atoms with Gasteiger partial charge in [-0.3, -0.25) is 0 Å². The van der Waals surface area contributed by atoms with E-state index < -0.39 is 0 Å². The molecule has 3 heteroatoms. The molecule has 72 valence electrons. The molecule has 1 saturated heterocycles. The number of rotatable bonds is 4. The number of methoxy groups -OCH3 is 1. The average molecular weight is 174 g/mol. The zero-order chi connectivity index (χ0) is 8.97. The summed E-state index contributed by atoms with van der Waals surface area (Å²) in [4.78, 5) is 0. The van der Waals surface area contributed by atoms with E-state index >= 15 is 0 Å². The van der Waals surface area contributed by atoms with Gasteiger partial charge in [-0.05, 0) is 12.8 Å². The van der Waals surface area contributed by atoms with Crippen LogP contribution in [0.25, 0.3) is 0 Å². The third-order valence-corrected chi connectivity index (χ3v) is 2.49. The van der Waals surface area contributed by atoms with E-state index in [4.69, 9.17) is 9.47 Å². The Bertz CT molecular complexity index is 127. The fraction of sp³-hybridized carbons (Fsp3) is 1.00. The molecule has 12 heavy (non-hydrogen) atoms. The lowest BCUT2D eigenvalue weighted by atomic mass is 9.94. The number of hydrogen-bond acceptors (Lipinski definition) is 3. The van der Waals surface area contributed by atoms with Gasteiger partial charge in [0, 0.05) is 19.6 Å². The van der Waals surface area contributed by atoms with Gasteiger partial charge in [-0.2, -0.15) is 0 Å². The third kappa shape index (κ3) is 2.19. The minimum atomic E-state index is -0.359. The zero-order valence-electron chi connectivity index (χ0n) is 7.82. The minimum Gasteiger partial charge on any atom is -0.390 e. The van der Waals surface area contributed by atoms with Crippen molar-refractivity contribution in [2.75, 3.05) is 20.3 Å². The van der Waals surface area contributed by atoms with Gasteiger partial charge in [0.05, 0.1) is 18.8 Å². The SMILES string of the molecule is CCC1OCCC1C(O)COC. The van der Waals surface area contributed by atoms with Crippen LogP contribution in [0.1, 0.15) is 19.8 Å². The summed E-state index contributed by atoms with van der Waals surface area (Å²) in [7, 11) is 1.61. The lowest BCUT2D eigenvalue weighted by Gasteiger charge is -2.21. The van der Waals surface area contributed by atoms with Gasteiger partial charge in [0.2, 0.25) is 0 Å². The first-order chi connectivity index (χ1) is 5.79. The highest BCUT2D eigenvalue weighted by Crippen LogP contribution is 2.26. The van der Waals surface area contributed by atoms with Crippen LogP contribution >= 0.6 is 0 Å². The Labute approximate surface area is 73.7 Å². The molecule has 1 fully saturated rings. The second kappa shape index (κ2) is 4.80. The molecule has 0 aliphatic carbocycles. The maximum atomic E-state index is 9.65. The second-order valence-corrected chi connectivity index (χ2v) is 3.29. The molecule has 0 amide bonds. The molecule has 3 atom stereocenters. The summed E-state index contributed by atoms with van der Waals surface area (Å²) in [6.45, 7) is 3.29. The van der Waals surface area contributed by atoms with Crippen molar-refractivity contribution in [2.24, 2.45) is 5.92 Å². The molecular formula is C9H18O3. The Morgan fingerprint density at radius 1 is 1.67 bits per heavy atom. The van der Waals surface area contributed by atoms with Crippen LogP contribution in [0.2, 0.25) is 0 Å². The summed E-state index contributed by atoms with van der Waals surface area (Å²) in [6.07, 6.45) is 1.81. The van der Waals surface area contributed by atoms with Crippen LogP contribution in [0, 0.1) is 5.92 Å². The summed E-state index contributed by atoms with van der Waals surface area (Å²) >= 11 is 0. The molecule has 0 aromatic heterocycles. The molecule has 1 N–H and O–H groups in total. The Balaban J connectivity index is 2.38.